The lowest BCUT2D eigenvalue weighted by molar-refractivity contribution is -0.136. The fourth-order valence-corrected chi connectivity index (χ4v) is 1.38. The molecule has 0 aromatic heterocycles. The Morgan fingerprint density at radius 2 is 2.36 bits per heavy atom. The monoisotopic (exact) mass is 255 g/mol. The highest BCUT2D eigenvalue weighted by Crippen LogP contribution is 2.16. The van der Waals surface area contributed by atoms with Gasteiger partial charge in [0.05, 0.1) is 0 Å². The van der Waals surface area contributed by atoms with E-state index in [0.29, 0.717) is 0 Å². The first-order chi connectivity index (χ1) is 6.63. The van der Waals surface area contributed by atoms with E-state index in [2.05, 4.69) is 27.8 Å². The Hall–Kier alpha value is -1.29. The second kappa shape index (κ2) is 4.81. The molecule has 0 aliphatic rings. The van der Waals surface area contributed by atoms with Crippen molar-refractivity contribution in [2.75, 3.05) is 5.32 Å². The summed E-state index contributed by atoms with van der Waals surface area (Å²) in [6.07, 6.45) is 1.35. The molecule has 1 atom stereocenters. The van der Waals surface area contributed by atoms with E-state index < -0.39 is 12.0 Å². The van der Waals surface area contributed by atoms with Crippen LogP contribution in [0.5, 0.6) is 0 Å². The summed E-state index contributed by atoms with van der Waals surface area (Å²) >= 11 is 3.30. The number of carboxylic acids is 1. The molecule has 0 saturated heterocycles. The molecule has 1 aromatic carbocycles. The number of halogens is 1. The van der Waals surface area contributed by atoms with Crippen LogP contribution in [-0.2, 0) is 4.79 Å². The minimum atomic E-state index is -0.944. The number of aliphatic carboxylic acids is 1. The highest BCUT2D eigenvalue weighted by molar-refractivity contribution is 9.10. The average Bonchev–Trinajstić information content (AvgIpc) is 2.14. The third-order valence-electron chi connectivity index (χ3n) is 1.65. The third kappa shape index (κ3) is 2.88. The maximum absolute atomic E-state index is 10.7. The zero-order valence-corrected chi connectivity index (χ0v) is 8.99. The van der Waals surface area contributed by atoms with Gasteiger partial charge in [0.25, 0.3) is 0 Å². The minimum Gasteiger partial charge on any atom is -0.479 e. The molecule has 2 N–H and O–H groups in total. The zero-order chi connectivity index (χ0) is 10.6. The molecule has 0 saturated carbocycles. The summed E-state index contributed by atoms with van der Waals surface area (Å²) in [7, 11) is 0. The van der Waals surface area contributed by atoms with E-state index in [1.165, 1.54) is 6.08 Å². The van der Waals surface area contributed by atoms with Crippen molar-refractivity contribution in [3.63, 3.8) is 0 Å². The van der Waals surface area contributed by atoms with Crippen LogP contribution in [0.2, 0.25) is 0 Å². The maximum atomic E-state index is 10.7. The van der Waals surface area contributed by atoms with E-state index in [-0.39, 0.29) is 0 Å². The van der Waals surface area contributed by atoms with Crippen molar-refractivity contribution < 1.29 is 9.90 Å². The van der Waals surface area contributed by atoms with Crippen LogP contribution < -0.4 is 5.32 Å². The summed E-state index contributed by atoms with van der Waals surface area (Å²) < 4.78 is 0.899. The van der Waals surface area contributed by atoms with Gasteiger partial charge in [-0.2, -0.15) is 0 Å². The van der Waals surface area contributed by atoms with Gasteiger partial charge in [-0.25, -0.2) is 4.79 Å². The standard InChI is InChI=1S/C10H10BrNO2/c1-2-9(10(13)14)12-8-5-3-4-7(11)6-8/h2-6,9,12H,1H2,(H,13,14). The molecular weight excluding hydrogens is 246 g/mol. The summed E-state index contributed by atoms with van der Waals surface area (Å²) in [6.45, 7) is 3.45. The summed E-state index contributed by atoms with van der Waals surface area (Å²) in [6, 6.07) is 6.54. The molecule has 14 heavy (non-hydrogen) atoms. The predicted molar refractivity (Wildman–Crippen MR) is 59.4 cm³/mol. The van der Waals surface area contributed by atoms with Gasteiger partial charge in [0.15, 0.2) is 0 Å². The van der Waals surface area contributed by atoms with Crippen molar-refractivity contribution in [2.45, 2.75) is 6.04 Å². The first-order valence-electron chi connectivity index (χ1n) is 4.01. The van der Waals surface area contributed by atoms with Crippen molar-refractivity contribution in [1.29, 1.82) is 0 Å². The van der Waals surface area contributed by atoms with Crippen molar-refractivity contribution in [1.82, 2.24) is 0 Å². The van der Waals surface area contributed by atoms with Crippen molar-refractivity contribution >= 4 is 27.6 Å². The largest absolute Gasteiger partial charge is 0.479 e. The van der Waals surface area contributed by atoms with E-state index in [4.69, 9.17) is 5.11 Å². The van der Waals surface area contributed by atoms with Crippen LogP contribution in [0, 0.1) is 0 Å². The molecule has 1 aromatic rings. The maximum Gasteiger partial charge on any atom is 0.330 e. The summed E-state index contributed by atoms with van der Waals surface area (Å²) in [5.74, 6) is -0.944. The molecular formula is C10H10BrNO2. The van der Waals surface area contributed by atoms with Gasteiger partial charge in [-0.15, -0.1) is 6.58 Å². The number of benzene rings is 1. The fourth-order valence-electron chi connectivity index (χ4n) is 0.979. The molecule has 1 rings (SSSR count). The first-order valence-corrected chi connectivity index (χ1v) is 4.80. The summed E-state index contributed by atoms with van der Waals surface area (Å²) in [4.78, 5) is 10.7. The SMILES string of the molecule is C=CC(Nc1cccc(Br)c1)C(=O)O. The van der Waals surface area contributed by atoms with Crippen molar-refractivity contribution in [3.8, 4) is 0 Å². The Kier molecular flexibility index (Phi) is 3.71. The van der Waals surface area contributed by atoms with Gasteiger partial charge < -0.3 is 10.4 Å². The van der Waals surface area contributed by atoms with Gasteiger partial charge in [0, 0.05) is 10.2 Å². The Balaban J connectivity index is 2.76. The second-order valence-corrected chi connectivity index (χ2v) is 3.62. The fraction of sp³-hybridized carbons (Fsp3) is 0.100. The number of carbonyl (C=O) groups is 1. The smallest absolute Gasteiger partial charge is 0.330 e. The molecule has 3 nitrogen and oxygen atoms in total. The van der Waals surface area contributed by atoms with Gasteiger partial charge in [-0.1, -0.05) is 28.1 Å². The molecule has 0 aliphatic heterocycles. The average molecular weight is 256 g/mol. The van der Waals surface area contributed by atoms with E-state index in [1.807, 2.05) is 12.1 Å². The molecule has 0 aliphatic carbocycles. The van der Waals surface area contributed by atoms with Crippen molar-refractivity contribution in [2.24, 2.45) is 0 Å². The van der Waals surface area contributed by atoms with E-state index >= 15 is 0 Å². The predicted octanol–water partition coefficient (Wildman–Crippen LogP) is 2.50. The van der Waals surface area contributed by atoms with Gasteiger partial charge >= 0.3 is 5.97 Å². The number of anilines is 1. The van der Waals surface area contributed by atoms with Gasteiger partial charge in [0.1, 0.15) is 6.04 Å². The Morgan fingerprint density at radius 1 is 1.64 bits per heavy atom. The van der Waals surface area contributed by atoms with Crippen LogP contribution in [-0.4, -0.2) is 17.1 Å². The topological polar surface area (TPSA) is 49.3 Å². The van der Waals surface area contributed by atoms with Crippen LogP contribution in [0.15, 0.2) is 41.4 Å². The second-order valence-electron chi connectivity index (χ2n) is 2.71. The molecule has 74 valence electrons. The Labute approximate surface area is 90.6 Å². The first kappa shape index (κ1) is 10.8. The summed E-state index contributed by atoms with van der Waals surface area (Å²) in [5, 5.41) is 11.6. The normalized spacial score (nSPS) is 11.8. The number of carboxylic acid groups (broad SMARTS) is 1. The highest BCUT2D eigenvalue weighted by atomic mass is 79.9. The third-order valence-corrected chi connectivity index (χ3v) is 2.14. The molecule has 0 fully saturated rings. The van der Waals surface area contributed by atoms with Crippen molar-refractivity contribution in [3.05, 3.63) is 41.4 Å². The lowest BCUT2D eigenvalue weighted by Crippen LogP contribution is -2.26. The lowest BCUT2D eigenvalue weighted by atomic mass is 10.2. The quantitative estimate of drug-likeness (QED) is 0.813. The summed E-state index contributed by atoms with van der Waals surface area (Å²) in [5.41, 5.74) is 0.742. The highest BCUT2D eigenvalue weighted by Gasteiger charge is 2.11. The minimum absolute atomic E-state index is 0.742. The van der Waals surface area contributed by atoms with E-state index in [0.717, 1.165) is 10.2 Å². The molecule has 4 heteroatoms. The number of rotatable bonds is 4. The number of nitrogens with one attached hydrogen (secondary N) is 1. The zero-order valence-electron chi connectivity index (χ0n) is 7.40. The van der Waals surface area contributed by atoms with Gasteiger partial charge in [-0.05, 0) is 18.2 Å². The Bertz CT molecular complexity index is 352. The van der Waals surface area contributed by atoms with Crippen LogP contribution in [0.3, 0.4) is 0 Å². The van der Waals surface area contributed by atoms with Gasteiger partial charge in [0.2, 0.25) is 0 Å². The van der Waals surface area contributed by atoms with Crippen LogP contribution in [0.25, 0.3) is 0 Å². The molecule has 0 bridgehead atoms. The molecule has 0 spiro atoms. The number of hydrogen-bond acceptors (Lipinski definition) is 2. The van der Waals surface area contributed by atoms with Crippen LogP contribution in [0.4, 0.5) is 5.69 Å². The number of hydrogen-bond donors (Lipinski definition) is 2. The molecule has 0 amide bonds. The lowest BCUT2D eigenvalue weighted by Gasteiger charge is -2.11. The van der Waals surface area contributed by atoms with Gasteiger partial charge in [-0.3, -0.25) is 0 Å². The Morgan fingerprint density at radius 3 is 2.86 bits per heavy atom. The molecule has 1 unspecified atom stereocenters. The van der Waals surface area contributed by atoms with Crippen LogP contribution >= 0.6 is 15.9 Å². The van der Waals surface area contributed by atoms with E-state index in [9.17, 15) is 4.79 Å². The molecule has 0 radical (unpaired) electrons. The molecule has 0 heterocycles. The van der Waals surface area contributed by atoms with Crippen LogP contribution in [0.1, 0.15) is 0 Å². The van der Waals surface area contributed by atoms with E-state index in [1.54, 1.807) is 12.1 Å².